The van der Waals surface area contributed by atoms with E-state index >= 15 is 0 Å². The average molecular weight is 257 g/mol. The van der Waals surface area contributed by atoms with Crippen molar-refractivity contribution in [3.05, 3.63) is 48.8 Å². The monoisotopic (exact) mass is 257 g/mol. The summed E-state index contributed by atoms with van der Waals surface area (Å²) in [5.41, 5.74) is 2.16. The second-order valence-corrected chi connectivity index (χ2v) is 4.04. The van der Waals surface area contributed by atoms with Crippen LogP contribution in [0.1, 0.15) is 6.92 Å². The first-order chi connectivity index (χ1) is 9.20. The third-order valence-corrected chi connectivity index (χ3v) is 2.71. The molecule has 0 aliphatic carbocycles. The summed E-state index contributed by atoms with van der Waals surface area (Å²) in [6.45, 7) is 1.66. The van der Waals surface area contributed by atoms with E-state index in [1.54, 1.807) is 19.3 Å². The van der Waals surface area contributed by atoms with Gasteiger partial charge >= 0.3 is 5.97 Å². The van der Waals surface area contributed by atoms with Gasteiger partial charge < -0.3 is 9.47 Å². The number of ether oxygens (including phenoxy) is 2. The maximum atomic E-state index is 11.3. The van der Waals surface area contributed by atoms with Crippen LogP contribution in [0, 0.1) is 0 Å². The zero-order chi connectivity index (χ0) is 13.7. The van der Waals surface area contributed by atoms with E-state index in [0.717, 1.165) is 11.1 Å². The van der Waals surface area contributed by atoms with Crippen LogP contribution in [0.15, 0.2) is 48.8 Å². The molecule has 0 bridgehead atoms. The SMILES string of the molecule is COC(=O)C(C)Oc1ccc(-c2ccncc2)cc1. The maximum Gasteiger partial charge on any atom is 0.346 e. The van der Waals surface area contributed by atoms with Crippen LogP contribution in [-0.2, 0) is 9.53 Å². The molecule has 19 heavy (non-hydrogen) atoms. The fourth-order valence-corrected chi connectivity index (χ4v) is 1.69. The molecule has 0 spiro atoms. The summed E-state index contributed by atoms with van der Waals surface area (Å²) >= 11 is 0. The van der Waals surface area contributed by atoms with Gasteiger partial charge in [0.15, 0.2) is 6.10 Å². The Bertz CT molecular complexity index is 537. The fraction of sp³-hybridized carbons (Fsp3) is 0.200. The number of benzene rings is 1. The van der Waals surface area contributed by atoms with Gasteiger partial charge in [-0.2, -0.15) is 0 Å². The van der Waals surface area contributed by atoms with Crippen LogP contribution in [0.4, 0.5) is 0 Å². The topological polar surface area (TPSA) is 48.4 Å². The van der Waals surface area contributed by atoms with Crippen LogP contribution in [0.25, 0.3) is 11.1 Å². The lowest BCUT2D eigenvalue weighted by atomic mass is 10.1. The molecule has 0 saturated heterocycles. The highest BCUT2D eigenvalue weighted by Crippen LogP contribution is 2.22. The van der Waals surface area contributed by atoms with Gasteiger partial charge in [-0.3, -0.25) is 4.98 Å². The minimum atomic E-state index is -0.614. The Morgan fingerprint density at radius 1 is 1.05 bits per heavy atom. The summed E-state index contributed by atoms with van der Waals surface area (Å²) in [5, 5.41) is 0. The minimum absolute atomic E-state index is 0.391. The quantitative estimate of drug-likeness (QED) is 0.790. The van der Waals surface area contributed by atoms with Gasteiger partial charge in [0.25, 0.3) is 0 Å². The Balaban J connectivity index is 2.09. The summed E-state index contributed by atoms with van der Waals surface area (Å²) in [6.07, 6.45) is 2.88. The lowest BCUT2D eigenvalue weighted by molar-refractivity contribution is -0.147. The van der Waals surface area contributed by atoms with Gasteiger partial charge in [-0.25, -0.2) is 4.79 Å². The van der Waals surface area contributed by atoms with E-state index in [-0.39, 0.29) is 0 Å². The lowest BCUT2D eigenvalue weighted by Gasteiger charge is -2.12. The fourth-order valence-electron chi connectivity index (χ4n) is 1.69. The van der Waals surface area contributed by atoms with Gasteiger partial charge in [0.05, 0.1) is 7.11 Å². The maximum absolute atomic E-state index is 11.3. The predicted octanol–water partition coefficient (Wildman–Crippen LogP) is 2.69. The summed E-state index contributed by atoms with van der Waals surface area (Å²) in [5.74, 6) is 0.244. The third-order valence-electron chi connectivity index (χ3n) is 2.71. The summed E-state index contributed by atoms with van der Waals surface area (Å²) in [6, 6.07) is 11.4. The number of carbonyl (C=O) groups excluding carboxylic acids is 1. The van der Waals surface area contributed by atoms with Crippen molar-refractivity contribution < 1.29 is 14.3 Å². The summed E-state index contributed by atoms with van der Waals surface area (Å²) in [4.78, 5) is 15.2. The number of pyridine rings is 1. The zero-order valence-corrected chi connectivity index (χ0v) is 10.9. The Morgan fingerprint density at radius 3 is 2.21 bits per heavy atom. The molecule has 0 saturated carbocycles. The van der Waals surface area contributed by atoms with Crippen molar-refractivity contribution in [2.24, 2.45) is 0 Å². The van der Waals surface area contributed by atoms with Crippen LogP contribution in [-0.4, -0.2) is 24.2 Å². The van der Waals surface area contributed by atoms with Crippen molar-refractivity contribution in [3.63, 3.8) is 0 Å². The number of hydrogen-bond donors (Lipinski definition) is 0. The molecule has 1 atom stereocenters. The molecule has 1 aromatic heterocycles. The third kappa shape index (κ3) is 3.31. The van der Waals surface area contributed by atoms with Crippen LogP contribution < -0.4 is 4.74 Å². The summed E-state index contributed by atoms with van der Waals surface area (Å²) < 4.78 is 10.1. The van der Waals surface area contributed by atoms with E-state index in [0.29, 0.717) is 5.75 Å². The van der Waals surface area contributed by atoms with E-state index in [9.17, 15) is 4.79 Å². The van der Waals surface area contributed by atoms with E-state index < -0.39 is 12.1 Å². The Hall–Kier alpha value is -2.36. The van der Waals surface area contributed by atoms with Crippen molar-refractivity contribution in [2.75, 3.05) is 7.11 Å². The molecule has 0 amide bonds. The van der Waals surface area contributed by atoms with Gasteiger partial charge in [0.2, 0.25) is 0 Å². The van der Waals surface area contributed by atoms with E-state index in [1.165, 1.54) is 7.11 Å². The number of esters is 1. The molecule has 2 rings (SSSR count). The van der Waals surface area contributed by atoms with Crippen LogP contribution >= 0.6 is 0 Å². The van der Waals surface area contributed by atoms with Crippen molar-refractivity contribution in [3.8, 4) is 16.9 Å². The predicted molar refractivity (Wildman–Crippen MR) is 71.8 cm³/mol. The normalized spacial score (nSPS) is 11.7. The van der Waals surface area contributed by atoms with Crippen LogP contribution in [0.2, 0.25) is 0 Å². The van der Waals surface area contributed by atoms with Gasteiger partial charge in [-0.1, -0.05) is 12.1 Å². The molecule has 4 nitrogen and oxygen atoms in total. The molecule has 4 heteroatoms. The number of nitrogens with zero attached hydrogens (tertiary/aromatic N) is 1. The largest absolute Gasteiger partial charge is 0.479 e. The van der Waals surface area contributed by atoms with Gasteiger partial charge in [-0.05, 0) is 42.3 Å². The van der Waals surface area contributed by atoms with Gasteiger partial charge in [0, 0.05) is 12.4 Å². The molecule has 0 radical (unpaired) electrons. The van der Waals surface area contributed by atoms with E-state index in [1.807, 2.05) is 36.4 Å². The molecule has 0 aliphatic heterocycles. The molecular formula is C15H15NO3. The number of carbonyl (C=O) groups is 1. The van der Waals surface area contributed by atoms with Crippen LogP contribution in [0.3, 0.4) is 0 Å². The molecule has 98 valence electrons. The van der Waals surface area contributed by atoms with Crippen LogP contribution in [0.5, 0.6) is 5.75 Å². The molecule has 1 heterocycles. The van der Waals surface area contributed by atoms with Gasteiger partial charge in [-0.15, -0.1) is 0 Å². The highest BCUT2D eigenvalue weighted by Gasteiger charge is 2.14. The summed E-state index contributed by atoms with van der Waals surface area (Å²) in [7, 11) is 1.34. The van der Waals surface area contributed by atoms with Crippen molar-refractivity contribution in [1.82, 2.24) is 4.98 Å². The smallest absolute Gasteiger partial charge is 0.346 e. The first-order valence-electron chi connectivity index (χ1n) is 5.95. The number of aromatic nitrogens is 1. The van der Waals surface area contributed by atoms with Crippen molar-refractivity contribution in [1.29, 1.82) is 0 Å². The first kappa shape index (κ1) is 13.1. The second kappa shape index (κ2) is 6.00. The van der Waals surface area contributed by atoms with E-state index in [2.05, 4.69) is 9.72 Å². The minimum Gasteiger partial charge on any atom is -0.479 e. The molecule has 0 N–H and O–H groups in total. The molecule has 0 aliphatic rings. The number of methoxy groups -OCH3 is 1. The molecular weight excluding hydrogens is 242 g/mol. The molecule has 1 unspecified atom stereocenters. The van der Waals surface area contributed by atoms with Crippen molar-refractivity contribution >= 4 is 5.97 Å². The molecule has 0 fully saturated rings. The lowest BCUT2D eigenvalue weighted by Crippen LogP contribution is -2.24. The Morgan fingerprint density at radius 2 is 1.63 bits per heavy atom. The average Bonchev–Trinajstić information content (AvgIpc) is 2.48. The second-order valence-electron chi connectivity index (χ2n) is 4.04. The standard InChI is InChI=1S/C15H15NO3/c1-11(15(17)18-2)19-14-5-3-12(4-6-14)13-7-9-16-10-8-13/h3-11H,1-2H3. The van der Waals surface area contributed by atoms with E-state index in [4.69, 9.17) is 4.74 Å². The first-order valence-corrected chi connectivity index (χ1v) is 5.95. The number of hydrogen-bond acceptors (Lipinski definition) is 4. The highest BCUT2D eigenvalue weighted by atomic mass is 16.6. The highest BCUT2D eigenvalue weighted by molar-refractivity contribution is 5.74. The Labute approximate surface area is 112 Å². The molecule has 1 aromatic carbocycles. The Kier molecular flexibility index (Phi) is 4.13. The number of rotatable bonds is 4. The zero-order valence-electron chi connectivity index (χ0n) is 10.9. The molecule has 2 aromatic rings. The van der Waals surface area contributed by atoms with Crippen molar-refractivity contribution in [2.45, 2.75) is 13.0 Å². The van der Waals surface area contributed by atoms with Gasteiger partial charge in [0.1, 0.15) is 5.75 Å².